The summed E-state index contributed by atoms with van der Waals surface area (Å²) >= 11 is 0. The van der Waals surface area contributed by atoms with E-state index in [0.29, 0.717) is 7.18 Å². The summed E-state index contributed by atoms with van der Waals surface area (Å²) in [7, 11) is 0.500. The molecule has 23 heavy (non-hydrogen) atoms. The van der Waals surface area contributed by atoms with Crippen LogP contribution in [0, 0.1) is 0 Å². The predicted octanol–water partition coefficient (Wildman–Crippen LogP) is 4.88. The van der Waals surface area contributed by atoms with E-state index in [9.17, 15) is 44.0 Å². The highest BCUT2D eigenvalue weighted by atomic mass is 19.3. The van der Waals surface area contributed by atoms with Crippen LogP contribution >= 0.6 is 0 Å². The standard InChI is InChI=1S/C4H2F4O3.C2H5F.CH2F2O.CH2F2.CH3F/c5-1-9-3-2(6)10-4(7,8)11-3;1-2-3;2-1-4-3;2-1-3;1-2/h1H2;2H2,1H3;1H2;1H2;1H3. The van der Waals surface area contributed by atoms with Crippen molar-refractivity contribution < 1.29 is 63.2 Å². The van der Waals surface area contributed by atoms with Crippen LogP contribution in [0.4, 0.5) is 44.0 Å². The van der Waals surface area contributed by atoms with Gasteiger partial charge >= 0.3 is 18.3 Å². The summed E-state index contributed by atoms with van der Waals surface area (Å²) in [5, 5.41) is 0. The highest BCUT2D eigenvalue weighted by molar-refractivity contribution is 4.90. The van der Waals surface area contributed by atoms with Gasteiger partial charge in [-0.25, -0.2) is 17.6 Å². The van der Waals surface area contributed by atoms with Crippen LogP contribution in [0.2, 0.25) is 0 Å². The van der Waals surface area contributed by atoms with Crippen molar-refractivity contribution in [2.75, 3.05) is 34.5 Å². The second-order valence-electron chi connectivity index (χ2n) is 2.07. The Morgan fingerprint density at radius 3 is 1.48 bits per heavy atom. The maximum absolute atomic E-state index is 12.0. The van der Waals surface area contributed by atoms with Crippen LogP contribution in [-0.4, -0.2) is 40.8 Å². The highest BCUT2D eigenvalue weighted by Gasteiger charge is 2.47. The third-order valence-corrected chi connectivity index (χ3v) is 0.807. The topological polar surface area (TPSA) is 36.9 Å². The van der Waals surface area contributed by atoms with Gasteiger partial charge in [0.15, 0.2) is 0 Å². The third-order valence-electron chi connectivity index (χ3n) is 0.807. The molecule has 0 unspecified atom stereocenters. The molecule has 0 N–H and O–H groups in total. The second-order valence-corrected chi connectivity index (χ2v) is 2.07. The van der Waals surface area contributed by atoms with Crippen LogP contribution in [0.1, 0.15) is 6.92 Å². The Kier molecular flexibility index (Phi) is 29.0. The Morgan fingerprint density at radius 1 is 0.957 bits per heavy atom. The van der Waals surface area contributed by atoms with Crippen molar-refractivity contribution in [2.45, 2.75) is 13.2 Å². The molecule has 1 aliphatic heterocycles. The molecule has 0 aliphatic carbocycles. The van der Waals surface area contributed by atoms with Crippen LogP contribution < -0.4 is 0 Å². The number of rotatable bonds is 3. The van der Waals surface area contributed by atoms with Crippen molar-refractivity contribution in [3.8, 4) is 0 Å². The molecule has 14 heteroatoms. The van der Waals surface area contributed by atoms with Gasteiger partial charge in [-0.3, -0.25) is 8.78 Å². The molecule has 1 aliphatic rings. The van der Waals surface area contributed by atoms with Gasteiger partial charge < -0.3 is 14.2 Å². The predicted molar refractivity (Wildman–Crippen MR) is 56.2 cm³/mol. The monoisotopic (exact) mass is 376 g/mol. The minimum atomic E-state index is -4.10. The first-order chi connectivity index (χ1) is 10.8. The van der Waals surface area contributed by atoms with Crippen LogP contribution in [0.25, 0.3) is 0 Å². The van der Waals surface area contributed by atoms with E-state index in [0.717, 1.165) is 0 Å². The van der Waals surface area contributed by atoms with Crippen LogP contribution in [0.5, 0.6) is 0 Å². The molecule has 0 spiro atoms. The average molecular weight is 376 g/mol. The molecular formula is C9H14F10O4. The maximum Gasteiger partial charge on any atom is 0.590 e. The van der Waals surface area contributed by atoms with E-state index >= 15 is 0 Å². The fourth-order valence-corrected chi connectivity index (χ4v) is 0.451. The molecule has 1 heterocycles. The summed E-state index contributed by atoms with van der Waals surface area (Å²) in [6.07, 6.45) is -4.10. The van der Waals surface area contributed by atoms with Gasteiger partial charge in [-0.2, -0.15) is 9.33 Å². The SMILES string of the molecule is CCF.CF.FCF.FCOC1=C(F)OC(F)(F)O1.FCOF. The lowest BCUT2D eigenvalue weighted by atomic mass is 10.9. The molecule has 0 saturated heterocycles. The van der Waals surface area contributed by atoms with E-state index in [1.807, 2.05) is 0 Å². The van der Waals surface area contributed by atoms with Gasteiger partial charge in [0.05, 0.1) is 13.9 Å². The first-order valence-corrected chi connectivity index (χ1v) is 4.99. The third kappa shape index (κ3) is 25.7. The van der Waals surface area contributed by atoms with Gasteiger partial charge in [0.25, 0.3) is 0 Å². The minimum Gasteiger partial charge on any atom is -0.429 e. The van der Waals surface area contributed by atoms with Gasteiger partial charge in [-0.05, 0) is 11.4 Å². The van der Waals surface area contributed by atoms with Gasteiger partial charge in [-0.1, -0.05) is 0 Å². The van der Waals surface area contributed by atoms with E-state index in [1.54, 1.807) is 0 Å². The normalized spacial score (nSPS) is 13.2. The zero-order valence-corrected chi connectivity index (χ0v) is 11.7. The van der Waals surface area contributed by atoms with Crippen molar-refractivity contribution in [1.82, 2.24) is 0 Å². The van der Waals surface area contributed by atoms with E-state index in [1.165, 1.54) is 6.92 Å². The summed E-state index contributed by atoms with van der Waals surface area (Å²) in [5.74, 6) is -1.28. The lowest BCUT2D eigenvalue weighted by molar-refractivity contribution is -0.349. The fraction of sp³-hybridized carbons (Fsp3) is 0.778. The van der Waals surface area contributed by atoms with E-state index in [-0.39, 0.29) is 6.67 Å². The van der Waals surface area contributed by atoms with Crippen molar-refractivity contribution in [3.05, 3.63) is 12.0 Å². The molecule has 0 aromatic rings. The molecule has 0 atom stereocenters. The molecule has 0 amide bonds. The number of halogens is 10. The Bertz CT molecular complexity index is 250. The fourth-order valence-electron chi connectivity index (χ4n) is 0.451. The lowest BCUT2D eigenvalue weighted by Gasteiger charge is -2.05. The van der Waals surface area contributed by atoms with Crippen LogP contribution in [-0.2, 0) is 19.2 Å². The molecule has 144 valence electrons. The summed E-state index contributed by atoms with van der Waals surface area (Å²) < 4.78 is 116. The van der Waals surface area contributed by atoms with Gasteiger partial charge in [0.2, 0.25) is 20.6 Å². The van der Waals surface area contributed by atoms with E-state index in [4.69, 9.17) is 0 Å². The summed E-state index contributed by atoms with van der Waals surface area (Å²) in [6.45, 7) is -3.36. The summed E-state index contributed by atoms with van der Waals surface area (Å²) in [6, 6.07) is -1.77. The Balaban J connectivity index is -0.000000126. The molecule has 0 bridgehead atoms. The summed E-state index contributed by atoms with van der Waals surface area (Å²) in [4.78, 5) is 2.38. The van der Waals surface area contributed by atoms with Crippen molar-refractivity contribution in [2.24, 2.45) is 0 Å². The van der Waals surface area contributed by atoms with Gasteiger partial charge in [0.1, 0.15) is 0 Å². The number of hydrogen-bond donors (Lipinski definition) is 0. The van der Waals surface area contributed by atoms with Crippen molar-refractivity contribution >= 4 is 0 Å². The number of hydrogen-bond acceptors (Lipinski definition) is 4. The molecule has 1 rings (SSSR count). The van der Waals surface area contributed by atoms with Gasteiger partial charge in [0, 0.05) is 0 Å². The molecule has 4 nitrogen and oxygen atoms in total. The van der Waals surface area contributed by atoms with Crippen LogP contribution in [0.15, 0.2) is 12.0 Å². The Labute approximate surface area is 124 Å². The molecular weight excluding hydrogens is 362 g/mol. The lowest BCUT2D eigenvalue weighted by Crippen LogP contribution is -2.16. The largest absolute Gasteiger partial charge is 0.590 e. The first-order valence-electron chi connectivity index (χ1n) is 4.99. The zero-order chi connectivity index (χ0) is 19.3. The zero-order valence-electron chi connectivity index (χ0n) is 11.7. The Morgan fingerprint density at radius 2 is 1.30 bits per heavy atom. The maximum atomic E-state index is 12.0. The highest BCUT2D eigenvalue weighted by Crippen LogP contribution is 2.34. The first kappa shape index (κ1) is 29.4. The van der Waals surface area contributed by atoms with Crippen LogP contribution in [0.3, 0.4) is 0 Å². The Hall–Kier alpha value is -1.60. The van der Waals surface area contributed by atoms with E-state index < -0.39 is 38.9 Å². The number of ether oxygens (including phenoxy) is 3. The van der Waals surface area contributed by atoms with E-state index in [2.05, 4.69) is 19.2 Å². The average Bonchev–Trinajstić information content (AvgIpc) is 2.76. The molecule has 0 fully saturated rings. The quantitative estimate of drug-likeness (QED) is 0.658. The molecule has 0 radical (unpaired) electrons. The van der Waals surface area contributed by atoms with Crippen molar-refractivity contribution in [3.63, 3.8) is 0 Å². The summed E-state index contributed by atoms with van der Waals surface area (Å²) in [5.41, 5.74) is 0. The molecule has 0 saturated carbocycles. The van der Waals surface area contributed by atoms with Gasteiger partial charge in [-0.15, -0.1) is 8.78 Å². The number of alkyl halides is 8. The second kappa shape index (κ2) is 22.7. The molecule has 0 aromatic heterocycles. The smallest absolute Gasteiger partial charge is 0.429 e. The molecule has 0 aromatic carbocycles. The minimum absolute atomic E-state index is 0.250. The van der Waals surface area contributed by atoms with Crippen molar-refractivity contribution in [1.29, 1.82) is 0 Å².